The molecule has 0 saturated carbocycles. The van der Waals surface area contributed by atoms with Crippen molar-refractivity contribution in [1.29, 1.82) is 0 Å². The molecular formula is C25H32N4O8S. The minimum absolute atomic E-state index is 0.0205. The van der Waals surface area contributed by atoms with Gasteiger partial charge in [0.15, 0.2) is 17.2 Å². The number of carbonyl (C=O) groups is 2. The third-order valence-electron chi connectivity index (χ3n) is 6.57. The van der Waals surface area contributed by atoms with Crippen molar-refractivity contribution >= 4 is 33.3 Å². The summed E-state index contributed by atoms with van der Waals surface area (Å²) >= 11 is 0. The molecule has 2 heterocycles. The van der Waals surface area contributed by atoms with E-state index in [4.69, 9.17) is 14.2 Å². The van der Waals surface area contributed by atoms with Crippen LogP contribution in [0.1, 0.15) is 24.2 Å². The summed E-state index contributed by atoms with van der Waals surface area (Å²) in [5.74, 6) is 0.524. The van der Waals surface area contributed by atoms with E-state index in [1.165, 1.54) is 16.3 Å². The summed E-state index contributed by atoms with van der Waals surface area (Å²) in [5, 5.41) is 15.2. The highest BCUT2D eigenvalue weighted by molar-refractivity contribution is 7.88. The van der Waals surface area contributed by atoms with E-state index in [9.17, 15) is 23.1 Å². The molecule has 0 radical (unpaired) electrons. The Morgan fingerprint density at radius 3 is 2.66 bits per heavy atom. The second-order valence-electron chi connectivity index (χ2n) is 9.50. The molecule has 2 aromatic rings. The van der Waals surface area contributed by atoms with Gasteiger partial charge in [-0.3, -0.25) is 4.79 Å². The predicted molar refractivity (Wildman–Crippen MR) is 140 cm³/mol. The second-order valence-corrected chi connectivity index (χ2v) is 11.6. The van der Waals surface area contributed by atoms with E-state index in [1.807, 2.05) is 6.92 Å². The number of aliphatic hydroxyl groups is 1. The summed E-state index contributed by atoms with van der Waals surface area (Å²) in [5.41, 5.74) is 0.878. The number of anilines is 2. The van der Waals surface area contributed by atoms with Crippen LogP contribution in [0, 0.1) is 5.92 Å². The second kappa shape index (κ2) is 11.1. The maximum absolute atomic E-state index is 13.5. The number of urea groups is 1. The molecule has 0 aromatic heterocycles. The largest absolute Gasteiger partial charge is 0.486 e. The standard InChI is InChI=1S/C25H32N4O8S/c1-15-11-29(16(2)13-30)24(31)18-6-5-7-19(23(18)37-22(15)12-28(3)38(4,33)34)27-25(32)26-17-8-9-20-21(10-17)36-14-35-20/h5-10,15-16,22,30H,11-14H2,1-4H3,(H2,26,27,32)/t15-,16-,22-/m0/s1. The Bertz CT molecular complexity index is 1320. The molecule has 3 atom stereocenters. The highest BCUT2D eigenvalue weighted by atomic mass is 32.2. The van der Waals surface area contributed by atoms with E-state index in [-0.39, 0.29) is 55.3 Å². The lowest BCUT2D eigenvalue weighted by Crippen LogP contribution is -2.50. The van der Waals surface area contributed by atoms with Crippen LogP contribution in [0.5, 0.6) is 17.2 Å². The summed E-state index contributed by atoms with van der Waals surface area (Å²) in [4.78, 5) is 28.0. The number of nitrogens with one attached hydrogen (secondary N) is 2. The number of ether oxygens (including phenoxy) is 3. The van der Waals surface area contributed by atoms with E-state index in [1.54, 1.807) is 43.3 Å². The normalized spacial score (nSPS) is 19.7. The van der Waals surface area contributed by atoms with Gasteiger partial charge in [-0.15, -0.1) is 0 Å². The summed E-state index contributed by atoms with van der Waals surface area (Å²) in [6.07, 6.45) is 0.445. The number of para-hydroxylation sites is 1. The topological polar surface area (TPSA) is 147 Å². The smallest absolute Gasteiger partial charge is 0.323 e. The van der Waals surface area contributed by atoms with Gasteiger partial charge in [0.25, 0.3) is 5.91 Å². The molecule has 13 heteroatoms. The van der Waals surface area contributed by atoms with Gasteiger partial charge in [0.1, 0.15) is 6.10 Å². The number of sulfonamides is 1. The molecule has 2 aliphatic rings. The van der Waals surface area contributed by atoms with Gasteiger partial charge in [-0.25, -0.2) is 17.5 Å². The average Bonchev–Trinajstić information content (AvgIpc) is 3.33. The van der Waals surface area contributed by atoms with Crippen LogP contribution in [0.3, 0.4) is 0 Å². The van der Waals surface area contributed by atoms with Crippen molar-refractivity contribution in [1.82, 2.24) is 9.21 Å². The Labute approximate surface area is 221 Å². The van der Waals surface area contributed by atoms with E-state index >= 15 is 0 Å². The lowest BCUT2D eigenvalue weighted by molar-refractivity contribution is 0.0389. The zero-order valence-corrected chi connectivity index (χ0v) is 22.4. The maximum atomic E-state index is 13.5. The fourth-order valence-corrected chi connectivity index (χ4v) is 4.63. The van der Waals surface area contributed by atoms with Gasteiger partial charge in [0.2, 0.25) is 16.8 Å². The van der Waals surface area contributed by atoms with Crippen molar-refractivity contribution in [2.24, 2.45) is 5.92 Å². The van der Waals surface area contributed by atoms with Crippen molar-refractivity contribution in [3.8, 4) is 17.2 Å². The Balaban J connectivity index is 1.65. The van der Waals surface area contributed by atoms with Crippen molar-refractivity contribution < 1.29 is 37.3 Å². The Kier molecular flexibility index (Phi) is 7.99. The molecular weight excluding hydrogens is 516 g/mol. The van der Waals surface area contributed by atoms with Gasteiger partial charge < -0.3 is 34.9 Å². The molecule has 0 spiro atoms. The van der Waals surface area contributed by atoms with E-state index < -0.39 is 28.2 Å². The van der Waals surface area contributed by atoms with Crippen molar-refractivity contribution in [3.63, 3.8) is 0 Å². The van der Waals surface area contributed by atoms with Crippen LogP contribution in [-0.2, 0) is 10.0 Å². The number of hydrogen-bond donors (Lipinski definition) is 3. The minimum Gasteiger partial charge on any atom is -0.486 e. The monoisotopic (exact) mass is 548 g/mol. The minimum atomic E-state index is -3.50. The molecule has 38 heavy (non-hydrogen) atoms. The van der Waals surface area contributed by atoms with Crippen LogP contribution in [0.2, 0.25) is 0 Å². The fourth-order valence-electron chi connectivity index (χ4n) is 4.21. The first-order valence-corrected chi connectivity index (χ1v) is 13.9. The van der Waals surface area contributed by atoms with Crippen molar-refractivity contribution in [3.05, 3.63) is 42.0 Å². The molecule has 0 saturated heterocycles. The number of carbonyl (C=O) groups excluding carboxylic acids is 2. The highest BCUT2D eigenvalue weighted by Gasteiger charge is 2.35. The molecule has 0 aliphatic carbocycles. The number of rotatable bonds is 7. The number of nitrogens with zero attached hydrogens (tertiary/aromatic N) is 2. The summed E-state index contributed by atoms with van der Waals surface area (Å²) in [6, 6.07) is 8.67. The van der Waals surface area contributed by atoms with E-state index in [0.29, 0.717) is 17.2 Å². The van der Waals surface area contributed by atoms with Gasteiger partial charge in [-0.05, 0) is 31.2 Å². The van der Waals surface area contributed by atoms with Crippen molar-refractivity contribution in [2.45, 2.75) is 26.0 Å². The molecule has 3 amide bonds. The molecule has 0 bridgehead atoms. The van der Waals surface area contributed by atoms with Crippen LogP contribution < -0.4 is 24.8 Å². The zero-order chi connectivity index (χ0) is 27.6. The number of benzene rings is 2. The first kappa shape index (κ1) is 27.5. The molecule has 4 rings (SSSR count). The highest BCUT2D eigenvalue weighted by Crippen LogP contribution is 2.36. The van der Waals surface area contributed by atoms with Gasteiger partial charge >= 0.3 is 6.03 Å². The van der Waals surface area contributed by atoms with E-state index in [0.717, 1.165) is 6.26 Å². The maximum Gasteiger partial charge on any atom is 0.323 e. The fraction of sp³-hybridized carbons (Fsp3) is 0.440. The third-order valence-corrected chi connectivity index (χ3v) is 7.85. The van der Waals surface area contributed by atoms with Crippen LogP contribution in [-0.4, -0.2) is 86.6 Å². The lowest BCUT2D eigenvalue weighted by Gasteiger charge is -2.38. The number of hydrogen-bond acceptors (Lipinski definition) is 8. The summed E-state index contributed by atoms with van der Waals surface area (Å²) in [6.45, 7) is 3.69. The predicted octanol–water partition coefficient (Wildman–Crippen LogP) is 2.17. The average molecular weight is 549 g/mol. The quantitative estimate of drug-likeness (QED) is 0.477. The number of aliphatic hydroxyl groups excluding tert-OH is 1. The van der Waals surface area contributed by atoms with Gasteiger partial charge in [0.05, 0.1) is 36.7 Å². The van der Waals surface area contributed by atoms with Crippen LogP contribution in [0.4, 0.5) is 16.2 Å². The van der Waals surface area contributed by atoms with E-state index in [2.05, 4.69) is 10.6 Å². The first-order valence-electron chi connectivity index (χ1n) is 12.1. The summed E-state index contributed by atoms with van der Waals surface area (Å²) in [7, 11) is -2.05. The van der Waals surface area contributed by atoms with Crippen LogP contribution in [0.25, 0.3) is 0 Å². The zero-order valence-electron chi connectivity index (χ0n) is 21.6. The van der Waals surface area contributed by atoms with Gasteiger partial charge in [-0.2, -0.15) is 0 Å². The Morgan fingerprint density at radius 1 is 1.21 bits per heavy atom. The molecule has 206 valence electrons. The summed E-state index contributed by atoms with van der Waals surface area (Å²) < 4.78 is 42.4. The third kappa shape index (κ3) is 5.95. The Hall–Kier alpha value is -3.55. The molecule has 3 N–H and O–H groups in total. The van der Waals surface area contributed by atoms with Crippen LogP contribution >= 0.6 is 0 Å². The Morgan fingerprint density at radius 2 is 1.95 bits per heavy atom. The number of amides is 3. The van der Waals surface area contributed by atoms with Gasteiger partial charge in [0, 0.05) is 31.3 Å². The number of likely N-dealkylation sites (N-methyl/N-ethyl adjacent to an activating group) is 1. The molecule has 0 unspecified atom stereocenters. The molecule has 12 nitrogen and oxygen atoms in total. The van der Waals surface area contributed by atoms with Crippen LogP contribution in [0.15, 0.2) is 36.4 Å². The SMILES string of the molecule is C[C@H]1CN([C@@H](C)CO)C(=O)c2cccc(NC(=O)Nc3ccc4c(c3)OCO4)c2O[C@H]1CN(C)S(C)(=O)=O. The lowest BCUT2D eigenvalue weighted by atomic mass is 9.99. The van der Waals surface area contributed by atoms with Crippen molar-refractivity contribution in [2.75, 3.05) is 50.4 Å². The molecule has 2 aliphatic heterocycles. The molecule has 2 aromatic carbocycles. The van der Waals surface area contributed by atoms with Gasteiger partial charge in [-0.1, -0.05) is 13.0 Å². The molecule has 0 fully saturated rings. The first-order chi connectivity index (χ1) is 18.0. The number of fused-ring (bicyclic) bond motifs is 2.